The van der Waals surface area contributed by atoms with Gasteiger partial charge in [-0.3, -0.25) is 4.90 Å². The summed E-state index contributed by atoms with van der Waals surface area (Å²) in [5.41, 5.74) is 1.96. The van der Waals surface area contributed by atoms with Crippen LogP contribution in [0.25, 0.3) is 11.0 Å². The second-order valence-corrected chi connectivity index (χ2v) is 11.3. The first-order chi connectivity index (χ1) is 20.5. The van der Waals surface area contributed by atoms with Crippen LogP contribution >= 0.6 is 11.6 Å². The van der Waals surface area contributed by atoms with Crippen molar-refractivity contribution >= 4 is 28.6 Å². The van der Waals surface area contributed by atoms with E-state index in [1.807, 2.05) is 4.57 Å². The lowest BCUT2D eigenvalue weighted by molar-refractivity contribution is -0.139. The summed E-state index contributed by atoms with van der Waals surface area (Å²) in [7, 11) is 0. The van der Waals surface area contributed by atoms with Crippen molar-refractivity contribution in [2.24, 2.45) is 0 Å². The number of imidazole rings is 1. The minimum absolute atomic E-state index is 0.0160. The molecule has 226 valence electrons. The number of carbonyl (C=O) groups is 1. The summed E-state index contributed by atoms with van der Waals surface area (Å²) >= 11 is 5.79. The average Bonchev–Trinajstić information content (AvgIpc) is 3.59. The molecule has 0 bridgehead atoms. The van der Waals surface area contributed by atoms with Gasteiger partial charge in [0.15, 0.2) is 0 Å². The average molecular weight is 618 g/mol. The number of halogens is 5. The van der Waals surface area contributed by atoms with Crippen molar-refractivity contribution in [1.82, 2.24) is 14.5 Å². The fraction of sp³-hybridized carbons (Fsp3) is 0.355. The number of aromatic carboxylic acids is 1. The Morgan fingerprint density at radius 1 is 1.14 bits per heavy atom. The number of hydrogen-bond acceptors (Lipinski definition) is 5. The van der Waals surface area contributed by atoms with E-state index in [1.165, 1.54) is 24.3 Å². The Labute approximate surface area is 249 Å². The second kappa shape index (κ2) is 11.8. The largest absolute Gasteiger partial charge is 0.488 e. The van der Waals surface area contributed by atoms with E-state index < -0.39 is 23.5 Å². The highest BCUT2D eigenvalue weighted by molar-refractivity contribution is 6.30. The molecule has 0 aliphatic carbocycles. The van der Waals surface area contributed by atoms with Crippen LogP contribution in [0.5, 0.6) is 5.75 Å². The van der Waals surface area contributed by atoms with Crippen molar-refractivity contribution in [3.05, 3.63) is 93.0 Å². The van der Waals surface area contributed by atoms with Gasteiger partial charge in [0, 0.05) is 30.3 Å². The van der Waals surface area contributed by atoms with Gasteiger partial charge in [0.25, 0.3) is 0 Å². The molecule has 1 N–H and O–H groups in total. The molecule has 2 aliphatic rings. The molecule has 0 radical (unpaired) electrons. The van der Waals surface area contributed by atoms with Crippen LogP contribution in [0.3, 0.4) is 0 Å². The van der Waals surface area contributed by atoms with E-state index >= 15 is 0 Å². The molecule has 43 heavy (non-hydrogen) atoms. The summed E-state index contributed by atoms with van der Waals surface area (Å²) in [6.45, 7) is 2.06. The Kier molecular flexibility index (Phi) is 8.06. The van der Waals surface area contributed by atoms with Crippen molar-refractivity contribution in [3.8, 4) is 5.75 Å². The maximum atomic E-state index is 14.3. The maximum Gasteiger partial charge on any atom is 0.419 e. The highest BCUT2D eigenvalue weighted by Crippen LogP contribution is 2.40. The third kappa shape index (κ3) is 6.34. The fourth-order valence-corrected chi connectivity index (χ4v) is 5.90. The molecule has 0 unspecified atom stereocenters. The lowest BCUT2D eigenvalue weighted by Crippen LogP contribution is -2.32. The van der Waals surface area contributed by atoms with Gasteiger partial charge >= 0.3 is 12.1 Å². The molecule has 1 aromatic heterocycles. The fourth-order valence-electron chi connectivity index (χ4n) is 5.74. The monoisotopic (exact) mass is 617 g/mol. The molecule has 12 heteroatoms. The van der Waals surface area contributed by atoms with Gasteiger partial charge in [0.05, 0.1) is 41.4 Å². The van der Waals surface area contributed by atoms with Crippen LogP contribution < -0.4 is 4.74 Å². The first-order valence-electron chi connectivity index (χ1n) is 13.9. The van der Waals surface area contributed by atoms with Crippen molar-refractivity contribution in [2.75, 3.05) is 13.2 Å². The van der Waals surface area contributed by atoms with E-state index in [1.54, 1.807) is 12.1 Å². The van der Waals surface area contributed by atoms with Crippen molar-refractivity contribution < 1.29 is 36.9 Å². The second-order valence-electron chi connectivity index (χ2n) is 10.9. The van der Waals surface area contributed by atoms with Crippen LogP contribution in [0.4, 0.5) is 17.6 Å². The van der Waals surface area contributed by atoms with E-state index in [-0.39, 0.29) is 34.6 Å². The standard InChI is InChI=1S/C31H28ClF4N3O4/c32-22-5-3-20(25(33)13-22)17-43-28-12-21-14-38(8-7-18(21)10-24(28)31(34,35)36)16-29-37-26-6-4-19(30(40)41)11-27(26)39(29)15-23-2-1-9-42-23/h3-6,10-13,23H,1-2,7-9,14-17H2,(H,40,41)/t23-/m0/s1. The minimum atomic E-state index is -4.65. The molecule has 1 atom stereocenters. The molecular formula is C31H28ClF4N3O4. The Morgan fingerprint density at radius 3 is 2.70 bits per heavy atom. The van der Waals surface area contributed by atoms with Crippen LogP contribution in [-0.2, 0) is 43.6 Å². The topological polar surface area (TPSA) is 76.8 Å². The molecule has 1 saturated heterocycles. The van der Waals surface area contributed by atoms with Gasteiger partial charge in [0.2, 0.25) is 0 Å². The predicted molar refractivity (Wildman–Crippen MR) is 151 cm³/mol. The number of nitrogens with zero attached hydrogens (tertiary/aromatic N) is 3. The summed E-state index contributed by atoms with van der Waals surface area (Å²) in [5, 5.41) is 9.71. The van der Waals surface area contributed by atoms with Crippen LogP contribution in [0, 0.1) is 5.82 Å². The quantitative estimate of drug-likeness (QED) is 0.218. The number of rotatable bonds is 8. The normalized spacial score (nSPS) is 17.4. The number of ether oxygens (including phenoxy) is 2. The SMILES string of the molecule is O=C(O)c1ccc2nc(CN3CCc4cc(C(F)(F)F)c(OCc5ccc(Cl)cc5F)cc4C3)n(C[C@@H]3CCCO3)c2c1. The maximum absolute atomic E-state index is 14.3. The van der Waals surface area contributed by atoms with E-state index in [4.69, 9.17) is 26.1 Å². The van der Waals surface area contributed by atoms with Crippen molar-refractivity contribution in [1.29, 1.82) is 0 Å². The van der Waals surface area contributed by atoms with Crippen molar-refractivity contribution in [2.45, 2.75) is 57.8 Å². The highest BCUT2D eigenvalue weighted by Gasteiger charge is 2.36. The summed E-state index contributed by atoms with van der Waals surface area (Å²) in [5.74, 6) is -1.34. The van der Waals surface area contributed by atoms with E-state index in [9.17, 15) is 27.5 Å². The summed E-state index contributed by atoms with van der Waals surface area (Å²) in [6.07, 6.45) is -2.44. The van der Waals surface area contributed by atoms with Crippen LogP contribution in [0.1, 0.15) is 51.3 Å². The summed E-state index contributed by atoms with van der Waals surface area (Å²) < 4.78 is 69.7. The lowest BCUT2D eigenvalue weighted by atomic mass is 9.96. The van der Waals surface area contributed by atoms with Crippen LogP contribution in [0.2, 0.25) is 5.02 Å². The molecule has 0 amide bonds. The van der Waals surface area contributed by atoms with Gasteiger partial charge in [-0.25, -0.2) is 14.2 Å². The molecule has 1 fully saturated rings. The number of carboxylic acids is 1. The molecule has 0 spiro atoms. The molecule has 7 nitrogen and oxygen atoms in total. The molecule has 4 aromatic rings. The molecule has 0 saturated carbocycles. The van der Waals surface area contributed by atoms with Gasteiger partial charge in [-0.15, -0.1) is 0 Å². The Bertz CT molecular complexity index is 1680. The van der Waals surface area contributed by atoms with Gasteiger partial charge < -0.3 is 19.1 Å². The van der Waals surface area contributed by atoms with Crippen molar-refractivity contribution in [3.63, 3.8) is 0 Å². The first kappa shape index (κ1) is 29.4. The van der Waals surface area contributed by atoms with Gasteiger partial charge in [-0.05, 0) is 72.9 Å². The third-order valence-electron chi connectivity index (χ3n) is 7.95. The highest BCUT2D eigenvalue weighted by atomic mass is 35.5. The number of carboxylic acid groups (broad SMARTS) is 1. The number of hydrogen-bond donors (Lipinski definition) is 1. The van der Waals surface area contributed by atoms with E-state index in [0.717, 1.165) is 30.8 Å². The number of benzene rings is 3. The van der Waals surface area contributed by atoms with E-state index in [0.29, 0.717) is 61.4 Å². The lowest BCUT2D eigenvalue weighted by Gasteiger charge is -2.30. The van der Waals surface area contributed by atoms with Crippen LogP contribution in [0.15, 0.2) is 48.5 Å². The van der Waals surface area contributed by atoms with Crippen LogP contribution in [-0.4, -0.2) is 44.8 Å². The Hall–Kier alpha value is -3.67. The van der Waals surface area contributed by atoms with E-state index in [2.05, 4.69) is 4.90 Å². The third-order valence-corrected chi connectivity index (χ3v) is 8.18. The smallest absolute Gasteiger partial charge is 0.419 e. The molecule has 3 heterocycles. The minimum Gasteiger partial charge on any atom is -0.488 e. The Balaban J connectivity index is 1.27. The molecular weight excluding hydrogens is 590 g/mol. The zero-order valence-electron chi connectivity index (χ0n) is 23.0. The first-order valence-corrected chi connectivity index (χ1v) is 14.3. The zero-order valence-corrected chi connectivity index (χ0v) is 23.7. The van der Waals surface area contributed by atoms with Gasteiger partial charge in [0.1, 0.15) is 24.0 Å². The van der Waals surface area contributed by atoms with Gasteiger partial charge in [-0.2, -0.15) is 13.2 Å². The number of alkyl halides is 3. The predicted octanol–water partition coefficient (Wildman–Crippen LogP) is 6.86. The number of aromatic nitrogens is 2. The molecule has 3 aromatic carbocycles. The zero-order chi connectivity index (χ0) is 30.3. The van der Waals surface area contributed by atoms with Gasteiger partial charge in [-0.1, -0.05) is 17.7 Å². The summed E-state index contributed by atoms with van der Waals surface area (Å²) in [4.78, 5) is 18.5. The summed E-state index contributed by atoms with van der Waals surface area (Å²) in [6, 6.07) is 11.3. The number of fused-ring (bicyclic) bond motifs is 2. The molecule has 2 aliphatic heterocycles. The Morgan fingerprint density at radius 2 is 1.98 bits per heavy atom. The molecule has 6 rings (SSSR count).